The van der Waals surface area contributed by atoms with Crippen LogP contribution in [-0.4, -0.2) is 96.7 Å². The quantitative estimate of drug-likeness (QED) is 0.0169. The normalized spacial score (nSPS) is 14.6. The van der Waals surface area contributed by atoms with Crippen molar-refractivity contribution in [2.45, 2.75) is 341 Å². The third-order valence-electron chi connectivity index (χ3n) is 17.0. The molecule has 0 amide bonds. The zero-order chi connectivity index (χ0) is 78.9. The first kappa shape index (κ1) is 103. The van der Waals surface area contributed by atoms with Crippen LogP contribution in [0.15, 0.2) is 158 Å². The van der Waals surface area contributed by atoms with Crippen LogP contribution >= 0.6 is 15.6 Å². The van der Waals surface area contributed by atoms with Gasteiger partial charge in [0.1, 0.15) is 19.3 Å². The summed E-state index contributed by atoms with van der Waals surface area (Å²) < 4.78 is 68.7. The highest BCUT2D eigenvalue weighted by Crippen LogP contribution is 2.45. The maximum Gasteiger partial charge on any atom is 0.472 e. The Morgan fingerprint density at radius 1 is 0.269 bits per heavy atom. The Morgan fingerprint density at radius 3 is 0.796 bits per heavy atom. The van der Waals surface area contributed by atoms with Crippen LogP contribution in [0.4, 0.5) is 0 Å². The third kappa shape index (κ3) is 78.8. The molecule has 3 N–H and O–H groups in total. The van der Waals surface area contributed by atoms with E-state index in [1.165, 1.54) is 64.2 Å². The van der Waals surface area contributed by atoms with E-state index in [1.807, 2.05) is 18.2 Å². The molecule has 0 aliphatic heterocycles. The first-order chi connectivity index (χ1) is 52.7. The largest absolute Gasteiger partial charge is 0.472 e. The van der Waals surface area contributed by atoms with E-state index in [9.17, 15) is 43.2 Å². The Balaban J connectivity index is 5.47. The highest BCUT2D eigenvalue weighted by Gasteiger charge is 2.30. The topological polar surface area (TPSA) is 237 Å². The molecule has 19 heteroatoms. The van der Waals surface area contributed by atoms with Gasteiger partial charge in [0.15, 0.2) is 12.2 Å². The smallest absolute Gasteiger partial charge is 0.462 e. The molecule has 0 heterocycles. The van der Waals surface area contributed by atoms with Gasteiger partial charge < -0.3 is 33.8 Å². The van der Waals surface area contributed by atoms with E-state index >= 15 is 0 Å². The first-order valence-corrected chi connectivity index (χ1v) is 44.7. The molecule has 5 atom stereocenters. The summed E-state index contributed by atoms with van der Waals surface area (Å²) in [5.41, 5.74) is 0. The van der Waals surface area contributed by atoms with Gasteiger partial charge in [-0.3, -0.25) is 37.3 Å². The van der Waals surface area contributed by atoms with Gasteiger partial charge in [0, 0.05) is 25.7 Å². The van der Waals surface area contributed by atoms with E-state index in [2.05, 4.69) is 167 Å². The fraction of sp³-hybridized carbons (Fsp3) is 0.663. The van der Waals surface area contributed by atoms with Crippen molar-refractivity contribution in [2.24, 2.45) is 0 Å². The van der Waals surface area contributed by atoms with E-state index in [1.54, 1.807) is 0 Å². The second-order valence-electron chi connectivity index (χ2n) is 27.3. The molecule has 0 aromatic heterocycles. The van der Waals surface area contributed by atoms with Crippen LogP contribution in [0, 0.1) is 0 Å². The number of unbranched alkanes of at least 4 members (excludes halogenated alkanes) is 25. The van der Waals surface area contributed by atoms with Crippen molar-refractivity contribution in [3.8, 4) is 0 Å². The van der Waals surface area contributed by atoms with Crippen molar-refractivity contribution in [3.63, 3.8) is 0 Å². The van der Waals surface area contributed by atoms with Crippen molar-refractivity contribution in [3.05, 3.63) is 158 Å². The highest BCUT2D eigenvalue weighted by atomic mass is 31.2. The standard InChI is InChI=1S/C89H148O17P2/c1-5-9-13-17-21-25-29-33-37-40-41-44-47-50-54-58-62-66-70-74-87(92)100-80-85(106-89(94)76-72-68-64-60-56-52-48-43-39-35-31-27-23-19-15-11-7-3)82-104-108(97,98)102-78-83(90)77-101-107(95,96)103-81-84(105-88(93)75-71-67-63-59-55-51-45-36-32-28-24-20-16-12-8-4)79-99-86(91)73-69-65-61-57-53-49-46-42-38-34-30-26-22-18-14-10-6-2/h9-11,13-15,21-23,25-27,33-35,37-39,41,44,46,49-50,54,62,66,83-85,90H,5-8,12,16-20,24,28-32,36,40,42-43,45,47-48,51-53,55-61,63-65,67-82H2,1-4H3,(H,95,96)(H,97,98)/b13-9-,14-10-,15-11-,25-21-,26-22-,27-23-,37-33-,38-34-,39-35-,44-41-,49-46-,54-50-,66-62-. The maximum atomic E-state index is 13.1. The van der Waals surface area contributed by atoms with Crippen LogP contribution in [0.5, 0.6) is 0 Å². The number of rotatable bonds is 77. The molecule has 0 bridgehead atoms. The zero-order valence-corrected chi connectivity index (χ0v) is 69.3. The summed E-state index contributed by atoms with van der Waals surface area (Å²) in [6.45, 7) is 4.44. The summed E-state index contributed by atoms with van der Waals surface area (Å²) in [6.07, 6.45) is 93.6. The van der Waals surface area contributed by atoms with Gasteiger partial charge in [0.2, 0.25) is 0 Å². The van der Waals surface area contributed by atoms with Crippen molar-refractivity contribution in [1.29, 1.82) is 0 Å². The average Bonchev–Trinajstić information content (AvgIpc) is 0.906. The molecule has 108 heavy (non-hydrogen) atoms. The minimum absolute atomic E-state index is 0.0292. The number of aliphatic hydroxyl groups is 1. The minimum atomic E-state index is -5.01. The van der Waals surface area contributed by atoms with Gasteiger partial charge in [-0.05, 0) is 135 Å². The lowest BCUT2D eigenvalue weighted by atomic mass is 10.0. The molecule has 0 saturated heterocycles. The van der Waals surface area contributed by atoms with E-state index in [4.69, 9.17) is 37.0 Å². The molecule has 616 valence electrons. The summed E-state index contributed by atoms with van der Waals surface area (Å²) in [4.78, 5) is 73.2. The molecular formula is C89H148O17P2. The number of ether oxygens (including phenoxy) is 4. The Bertz CT molecular complexity index is 2660. The van der Waals surface area contributed by atoms with E-state index in [-0.39, 0.29) is 25.7 Å². The van der Waals surface area contributed by atoms with Gasteiger partial charge in [-0.1, -0.05) is 321 Å². The Labute approximate surface area is 655 Å². The molecule has 0 aliphatic carbocycles. The number of allylic oxidation sites excluding steroid dienone is 26. The lowest BCUT2D eigenvalue weighted by molar-refractivity contribution is -0.161. The van der Waals surface area contributed by atoms with Crippen LogP contribution < -0.4 is 0 Å². The maximum absolute atomic E-state index is 13.1. The van der Waals surface area contributed by atoms with Crippen molar-refractivity contribution < 1.29 is 80.2 Å². The van der Waals surface area contributed by atoms with Crippen LogP contribution in [-0.2, 0) is 65.4 Å². The molecule has 0 saturated carbocycles. The Hall–Kier alpha value is -5.32. The number of hydrogen-bond acceptors (Lipinski definition) is 15. The summed E-state index contributed by atoms with van der Waals surface area (Å²) in [5.74, 6) is -2.31. The van der Waals surface area contributed by atoms with E-state index in [0.29, 0.717) is 32.1 Å². The second-order valence-corrected chi connectivity index (χ2v) is 30.2. The predicted octanol–water partition coefficient (Wildman–Crippen LogP) is 24.8. The lowest BCUT2D eigenvalue weighted by Gasteiger charge is -2.21. The number of phosphoric acid groups is 2. The van der Waals surface area contributed by atoms with Crippen LogP contribution in [0.25, 0.3) is 0 Å². The first-order valence-electron chi connectivity index (χ1n) is 41.7. The minimum Gasteiger partial charge on any atom is -0.462 e. The number of carbonyl (C=O) groups excluding carboxylic acids is 4. The van der Waals surface area contributed by atoms with Crippen LogP contribution in [0.2, 0.25) is 0 Å². The average molecular weight is 1550 g/mol. The molecule has 0 aromatic carbocycles. The van der Waals surface area contributed by atoms with Gasteiger partial charge in [-0.25, -0.2) is 9.13 Å². The lowest BCUT2D eigenvalue weighted by Crippen LogP contribution is -2.30. The molecule has 0 radical (unpaired) electrons. The molecule has 0 aromatic rings. The van der Waals surface area contributed by atoms with E-state index in [0.717, 1.165) is 173 Å². The van der Waals surface area contributed by atoms with Gasteiger partial charge >= 0.3 is 39.5 Å². The summed E-state index contributed by atoms with van der Waals surface area (Å²) in [5, 5.41) is 10.7. The predicted molar refractivity (Wildman–Crippen MR) is 445 cm³/mol. The SMILES string of the molecule is CC/C=C\C/C=C\C/C=C\C/C=C\C/C=C\C/C=C\CCC(=O)OCC(COP(=O)(O)OCC(O)COP(=O)(O)OCC(COC(=O)CCCCCC/C=C\C/C=C\C/C=C\C/C=C\CC)OC(=O)CCCCCCCCCCCCCCCCC)OC(=O)CCCCCCCCC/C=C\C/C=C\C/C=C\CC. The highest BCUT2D eigenvalue weighted by molar-refractivity contribution is 7.47. The van der Waals surface area contributed by atoms with Crippen LogP contribution in [0.1, 0.15) is 323 Å². The van der Waals surface area contributed by atoms with Crippen molar-refractivity contribution in [2.75, 3.05) is 39.6 Å². The number of carbonyl (C=O) groups is 4. The monoisotopic (exact) mass is 1550 g/mol. The molecular weight excluding hydrogens is 1400 g/mol. The van der Waals surface area contributed by atoms with Gasteiger partial charge in [0.25, 0.3) is 0 Å². The number of aliphatic hydroxyl groups excluding tert-OH is 1. The molecule has 0 aliphatic rings. The number of esters is 4. The van der Waals surface area contributed by atoms with Crippen molar-refractivity contribution in [1.82, 2.24) is 0 Å². The fourth-order valence-electron chi connectivity index (χ4n) is 10.8. The molecule has 0 rings (SSSR count). The van der Waals surface area contributed by atoms with Crippen LogP contribution in [0.3, 0.4) is 0 Å². The third-order valence-corrected chi connectivity index (χ3v) is 18.9. The Kier molecular flexibility index (Phi) is 75.8. The van der Waals surface area contributed by atoms with Crippen molar-refractivity contribution >= 4 is 39.5 Å². The second kappa shape index (κ2) is 79.8. The number of hydrogen-bond donors (Lipinski definition) is 3. The molecule has 5 unspecified atom stereocenters. The van der Waals surface area contributed by atoms with Gasteiger partial charge in [0.05, 0.1) is 26.4 Å². The Morgan fingerprint density at radius 2 is 0.500 bits per heavy atom. The van der Waals surface area contributed by atoms with E-state index < -0.39 is 97.5 Å². The fourth-order valence-corrected chi connectivity index (χ4v) is 12.4. The van der Waals surface area contributed by atoms with Gasteiger partial charge in [-0.15, -0.1) is 0 Å². The zero-order valence-electron chi connectivity index (χ0n) is 67.5. The van der Waals surface area contributed by atoms with Gasteiger partial charge in [-0.2, -0.15) is 0 Å². The number of phosphoric ester groups is 2. The summed E-state index contributed by atoms with van der Waals surface area (Å²) in [6, 6.07) is 0. The molecule has 0 fully saturated rings. The molecule has 0 spiro atoms. The summed E-state index contributed by atoms with van der Waals surface area (Å²) >= 11 is 0. The molecule has 17 nitrogen and oxygen atoms in total. The summed E-state index contributed by atoms with van der Waals surface area (Å²) in [7, 11) is -10.0.